The van der Waals surface area contributed by atoms with Crippen LogP contribution in [0.2, 0.25) is 5.15 Å². The van der Waals surface area contributed by atoms with Gasteiger partial charge in [0.15, 0.2) is 0 Å². The molecular weight excluding hydrogens is 282 g/mol. The van der Waals surface area contributed by atoms with E-state index in [0.717, 1.165) is 23.6 Å². The van der Waals surface area contributed by atoms with E-state index in [-0.39, 0.29) is 5.92 Å². The summed E-state index contributed by atoms with van der Waals surface area (Å²) in [6.45, 7) is 8.40. The molecule has 2 heterocycles. The van der Waals surface area contributed by atoms with E-state index in [1.165, 1.54) is 11.3 Å². The van der Waals surface area contributed by atoms with Crippen molar-refractivity contribution in [3.8, 4) is 0 Å². The van der Waals surface area contributed by atoms with Gasteiger partial charge in [0, 0.05) is 23.2 Å². The Balaban J connectivity index is 2.16. The van der Waals surface area contributed by atoms with Gasteiger partial charge in [0.2, 0.25) is 0 Å². The quantitative estimate of drug-likeness (QED) is 0.756. The average Bonchev–Trinajstić information content (AvgIpc) is 2.77. The number of fused-ring (bicyclic) bond motifs is 1. The number of para-hydroxylation sites is 1. The van der Waals surface area contributed by atoms with Crippen LogP contribution in [-0.4, -0.2) is 16.0 Å². The van der Waals surface area contributed by atoms with E-state index in [9.17, 15) is 0 Å². The van der Waals surface area contributed by atoms with Gasteiger partial charge in [0.25, 0.3) is 0 Å². The standard InChI is InChI=1S/C17H20ClN3/c1-10(2)16-19-15(18)12(4)17(20-16)21-11(3)9-13-7-5-6-8-14(13)21/h5-8,10-11H,9H2,1-4H3. The molecule has 3 rings (SSSR count). The van der Waals surface area contributed by atoms with Gasteiger partial charge in [-0.1, -0.05) is 43.6 Å². The molecule has 1 unspecified atom stereocenters. The fraction of sp³-hybridized carbons (Fsp3) is 0.412. The van der Waals surface area contributed by atoms with Crippen LogP contribution in [-0.2, 0) is 6.42 Å². The maximum Gasteiger partial charge on any atom is 0.141 e. The van der Waals surface area contributed by atoms with Gasteiger partial charge in [-0.05, 0) is 31.9 Å². The minimum atomic E-state index is 0.259. The van der Waals surface area contributed by atoms with Crippen LogP contribution in [0.4, 0.5) is 11.5 Å². The van der Waals surface area contributed by atoms with Crippen molar-refractivity contribution in [3.05, 3.63) is 46.4 Å². The zero-order chi connectivity index (χ0) is 15.1. The third-order valence-electron chi connectivity index (χ3n) is 4.03. The van der Waals surface area contributed by atoms with Crippen molar-refractivity contribution < 1.29 is 0 Å². The highest BCUT2D eigenvalue weighted by Crippen LogP contribution is 2.39. The van der Waals surface area contributed by atoms with Gasteiger partial charge in [-0.3, -0.25) is 0 Å². The lowest BCUT2D eigenvalue weighted by Crippen LogP contribution is -2.26. The molecule has 21 heavy (non-hydrogen) atoms. The second-order valence-corrected chi connectivity index (χ2v) is 6.39. The van der Waals surface area contributed by atoms with Crippen LogP contribution in [0.5, 0.6) is 0 Å². The number of aromatic nitrogens is 2. The summed E-state index contributed by atoms with van der Waals surface area (Å²) in [5, 5.41) is 0.556. The van der Waals surface area contributed by atoms with Crippen LogP contribution < -0.4 is 4.90 Å². The van der Waals surface area contributed by atoms with E-state index >= 15 is 0 Å². The van der Waals surface area contributed by atoms with Gasteiger partial charge >= 0.3 is 0 Å². The Morgan fingerprint density at radius 3 is 2.67 bits per heavy atom. The van der Waals surface area contributed by atoms with E-state index in [4.69, 9.17) is 16.6 Å². The van der Waals surface area contributed by atoms with E-state index in [1.54, 1.807) is 0 Å². The van der Waals surface area contributed by atoms with E-state index < -0.39 is 0 Å². The third kappa shape index (κ3) is 2.40. The van der Waals surface area contributed by atoms with Gasteiger partial charge < -0.3 is 4.90 Å². The number of nitrogens with zero attached hydrogens (tertiary/aromatic N) is 3. The number of halogens is 1. The molecule has 0 bridgehead atoms. The minimum absolute atomic E-state index is 0.259. The molecule has 0 amide bonds. The molecule has 0 saturated heterocycles. The number of rotatable bonds is 2. The Kier molecular flexibility index (Phi) is 3.62. The van der Waals surface area contributed by atoms with Crippen LogP contribution in [0.15, 0.2) is 24.3 Å². The third-order valence-corrected chi connectivity index (χ3v) is 4.40. The molecule has 1 aliphatic rings. The summed E-state index contributed by atoms with van der Waals surface area (Å²) in [6, 6.07) is 8.89. The van der Waals surface area contributed by atoms with Crippen LogP contribution in [0.25, 0.3) is 0 Å². The largest absolute Gasteiger partial charge is 0.323 e. The average molecular weight is 302 g/mol. The summed E-state index contributed by atoms with van der Waals surface area (Å²) in [5.41, 5.74) is 3.55. The normalized spacial score (nSPS) is 17.4. The van der Waals surface area contributed by atoms with Crippen LogP contribution >= 0.6 is 11.6 Å². The first-order valence-corrected chi connectivity index (χ1v) is 7.78. The Hall–Kier alpha value is -1.61. The molecule has 0 radical (unpaired) electrons. The SMILES string of the molecule is Cc1c(Cl)nc(C(C)C)nc1N1c2ccccc2CC1C. The van der Waals surface area contributed by atoms with Crippen LogP contribution in [0, 0.1) is 6.92 Å². The van der Waals surface area contributed by atoms with Crippen molar-refractivity contribution in [2.45, 2.75) is 46.1 Å². The summed E-state index contributed by atoms with van der Waals surface area (Å²) >= 11 is 6.34. The first-order chi connectivity index (χ1) is 9.99. The van der Waals surface area contributed by atoms with Gasteiger partial charge in [-0.25, -0.2) is 9.97 Å². The monoisotopic (exact) mass is 301 g/mol. The van der Waals surface area contributed by atoms with Crippen molar-refractivity contribution in [1.82, 2.24) is 9.97 Å². The first-order valence-electron chi connectivity index (χ1n) is 7.40. The zero-order valence-electron chi connectivity index (χ0n) is 12.9. The van der Waals surface area contributed by atoms with Crippen LogP contribution in [0.3, 0.4) is 0 Å². The molecule has 0 fully saturated rings. The Morgan fingerprint density at radius 1 is 1.24 bits per heavy atom. The Bertz CT molecular complexity index is 682. The van der Waals surface area contributed by atoms with Gasteiger partial charge in [0.1, 0.15) is 16.8 Å². The predicted octanol–water partition coefficient (Wildman–Crippen LogP) is 4.64. The molecule has 1 aromatic carbocycles. The summed E-state index contributed by atoms with van der Waals surface area (Å²) in [6.07, 6.45) is 1.04. The molecule has 0 spiro atoms. The predicted molar refractivity (Wildman–Crippen MR) is 87.6 cm³/mol. The smallest absolute Gasteiger partial charge is 0.141 e. The molecule has 2 aromatic rings. The molecule has 4 heteroatoms. The van der Waals surface area contributed by atoms with Crippen molar-refractivity contribution in [2.75, 3.05) is 4.90 Å². The Morgan fingerprint density at radius 2 is 1.95 bits per heavy atom. The molecule has 1 aliphatic heterocycles. The number of hydrogen-bond acceptors (Lipinski definition) is 3. The maximum atomic E-state index is 6.34. The lowest BCUT2D eigenvalue weighted by Gasteiger charge is -2.26. The maximum absolute atomic E-state index is 6.34. The number of benzene rings is 1. The summed E-state index contributed by atoms with van der Waals surface area (Å²) in [5.74, 6) is 2.00. The van der Waals surface area contributed by atoms with E-state index in [0.29, 0.717) is 11.2 Å². The number of anilines is 2. The van der Waals surface area contributed by atoms with Crippen molar-refractivity contribution in [3.63, 3.8) is 0 Å². The fourth-order valence-corrected chi connectivity index (χ4v) is 3.05. The molecule has 110 valence electrons. The van der Waals surface area contributed by atoms with Crippen molar-refractivity contribution >= 4 is 23.1 Å². The number of hydrogen-bond donors (Lipinski definition) is 0. The lowest BCUT2D eigenvalue weighted by atomic mass is 10.1. The highest BCUT2D eigenvalue weighted by molar-refractivity contribution is 6.30. The molecule has 0 aliphatic carbocycles. The second kappa shape index (κ2) is 5.30. The van der Waals surface area contributed by atoms with E-state index in [2.05, 4.69) is 54.9 Å². The minimum Gasteiger partial charge on any atom is -0.323 e. The van der Waals surface area contributed by atoms with Gasteiger partial charge in [0.05, 0.1) is 0 Å². The Labute approximate surface area is 131 Å². The fourth-order valence-electron chi connectivity index (χ4n) is 2.88. The molecular formula is C17H20ClN3. The summed E-state index contributed by atoms with van der Waals surface area (Å²) in [4.78, 5) is 11.5. The molecule has 1 aromatic heterocycles. The van der Waals surface area contributed by atoms with Gasteiger partial charge in [-0.15, -0.1) is 0 Å². The van der Waals surface area contributed by atoms with E-state index in [1.807, 2.05) is 6.92 Å². The summed E-state index contributed by atoms with van der Waals surface area (Å²) in [7, 11) is 0. The van der Waals surface area contributed by atoms with Crippen molar-refractivity contribution in [2.24, 2.45) is 0 Å². The molecule has 1 atom stereocenters. The highest BCUT2D eigenvalue weighted by Gasteiger charge is 2.30. The topological polar surface area (TPSA) is 29.0 Å². The molecule has 3 nitrogen and oxygen atoms in total. The highest BCUT2D eigenvalue weighted by atomic mass is 35.5. The molecule has 0 saturated carbocycles. The molecule has 0 N–H and O–H groups in total. The van der Waals surface area contributed by atoms with Gasteiger partial charge in [-0.2, -0.15) is 0 Å². The van der Waals surface area contributed by atoms with Crippen LogP contribution in [0.1, 0.15) is 43.6 Å². The lowest BCUT2D eigenvalue weighted by molar-refractivity contribution is 0.724. The zero-order valence-corrected chi connectivity index (χ0v) is 13.6. The van der Waals surface area contributed by atoms with Crippen molar-refractivity contribution in [1.29, 1.82) is 0 Å². The second-order valence-electron chi connectivity index (χ2n) is 6.03. The first kappa shape index (κ1) is 14.3. The summed E-state index contributed by atoms with van der Waals surface area (Å²) < 4.78 is 0.